The lowest BCUT2D eigenvalue weighted by Crippen LogP contribution is -2.20. The summed E-state index contributed by atoms with van der Waals surface area (Å²) in [6, 6.07) is 0.724. The summed E-state index contributed by atoms with van der Waals surface area (Å²) >= 11 is 5.88. The van der Waals surface area contributed by atoms with E-state index >= 15 is 0 Å². The Balaban J connectivity index is 2.50. The van der Waals surface area contributed by atoms with Crippen LogP contribution >= 0.6 is 11.6 Å². The number of rotatable bonds is 4. The van der Waals surface area contributed by atoms with Crippen molar-refractivity contribution in [1.29, 1.82) is 0 Å². The Morgan fingerprint density at radius 1 is 1.32 bits per heavy atom. The molecule has 0 atom stereocenters. The Morgan fingerprint density at radius 3 is 2.52 bits per heavy atom. The highest BCUT2D eigenvalue weighted by Crippen LogP contribution is 2.33. The molecule has 0 radical (unpaired) electrons. The average Bonchev–Trinajstić information content (AvgIpc) is 2.53. The molecule has 2 rings (SSSR count). The van der Waals surface area contributed by atoms with Gasteiger partial charge in [0.05, 0.1) is 17.2 Å². The van der Waals surface area contributed by atoms with Gasteiger partial charge < -0.3 is 9.64 Å². The molecule has 0 amide bonds. The lowest BCUT2D eigenvalue weighted by Gasteiger charge is -2.15. The van der Waals surface area contributed by atoms with Gasteiger partial charge in [-0.15, -0.1) is 10.2 Å². The van der Waals surface area contributed by atoms with E-state index in [-0.39, 0.29) is 34.7 Å². The predicted octanol–water partition coefficient (Wildman–Crippen LogP) is 2.85. The van der Waals surface area contributed by atoms with Gasteiger partial charge in [-0.1, -0.05) is 11.6 Å². The van der Waals surface area contributed by atoms with Crippen LogP contribution in [0.25, 0.3) is 11.5 Å². The van der Waals surface area contributed by atoms with Crippen molar-refractivity contribution in [2.75, 3.05) is 25.6 Å². The van der Waals surface area contributed by atoms with Gasteiger partial charge in [0.25, 0.3) is 0 Å². The van der Waals surface area contributed by atoms with Crippen molar-refractivity contribution in [3.8, 4) is 11.5 Å². The first-order chi connectivity index (χ1) is 11.6. The molecule has 0 spiro atoms. The van der Waals surface area contributed by atoms with Gasteiger partial charge in [0.1, 0.15) is 5.69 Å². The Labute approximate surface area is 145 Å². The van der Waals surface area contributed by atoms with Crippen LogP contribution in [0.2, 0.25) is 5.02 Å². The molecule has 0 aliphatic carbocycles. The van der Waals surface area contributed by atoms with Crippen LogP contribution in [0.4, 0.5) is 19.0 Å². The van der Waals surface area contributed by atoms with Gasteiger partial charge in [0.2, 0.25) is 11.5 Å². The fourth-order valence-corrected chi connectivity index (χ4v) is 2.07. The third-order valence-electron chi connectivity index (χ3n) is 2.94. The second-order valence-corrected chi connectivity index (χ2v) is 5.38. The smallest absolute Gasteiger partial charge is 0.417 e. The molecule has 7 nitrogen and oxygen atoms in total. The van der Waals surface area contributed by atoms with E-state index in [1.54, 1.807) is 21.0 Å². The number of nitrogens with zero attached hydrogens (tertiary/aromatic N) is 5. The van der Waals surface area contributed by atoms with Gasteiger partial charge in [-0.2, -0.15) is 13.2 Å². The van der Waals surface area contributed by atoms with Gasteiger partial charge in [0.15, 0.2) is 5.82 Å². The first-order valence-corrected chi connectivity index (χ1v) is 7.35. The first-order valence-electron chi connectivity index (χ1n) is 6.97. The number of ether oxygens (including phenoxy) is 1. The molecule has 2 heterocycles. The van der Waals surface area contributed by atoms with Crippen molar-refractivity contribution in [2.24, 2.45) is 0 Å². The molecule has 0 aromatic carbocycles. The topological polar surface area (TPSA) is 81.1 Å². The molecule has 11 heteroatoms. The number of carbonyl (C=O) groups excluding carboxylic acids is 1. The second kappa shape index (κ2) is 7.18. The summed E-state index contributed by atoms with van der Waals surface area (Å²) in [5, 5.41) is 7.20. The quantitative estimate of drug-likeness (QED) is 0.760. The zero-order chi connectivity index (χ0) is 18.8. The van der Waals surface area contributed by atoms with Crippen LogP contribution in [0.3, 0.4) is 0 Å². The van der Waals surface area contributed by atoms with Gasteiger partial charge in [-0.05, 0) is 13.0 Å². The van der Waals surface area contributed by atoms with Crippen molar-refractivity contribution in [3.05, 3.63) is 28.5 Å². The molecule has 0 aliphatic heterocycles. The van der Waals surface area contributed by atoms with Gasteiger partial charge in [-0.3, -0.25) is 4.98 Å². The zero-order valence-electron chi connectivity index (χ0n) is 13.4. The van der Waals surface area contributed by atoms with Crippen LogP contribution in [0.15, 0.2) is 12.3 Å². The normalized spacial score (nSPS) is 11.3. The number of hydrogen-bond acceptors (Lipinski definition) is 7. The first kappa shape index (κ1) is 18.8. The van der Waals surface area contributed by atoms with E-state index in [2.05, 4.69) is 20.2 Å². The van der Waals surface area contributed by atoms with Crippen LogP contribution in [0, 0.1) is 0 Å². The van der Waals surface area contributed by atoms with E-state index in [0.29, 0.717) is 6.20 Å². The molecule has 2 aromatic heterocycles. The Morgan fingerprint density at radius 2 is 2.00 bits per heavy atom. The molecular weight excluding hydrogens is 363 g/mol. The highest BCUT2D eigenvalue weighted by molar-refractivity contribution is 6.32. The summed E-state index contributed by atoms with van der Waals surface area (Å²) < 4.78 is 42.9. The van der Waals surface area contributed by atoms with E-state index in [1.165, 1.54) is 4.90 Å². The number of anilines is 1. The highest BCUT2D eigenvalue weighted by Gasteiger charge is 2.32. The van der Waals surface area contributed by atoms with E-state index in [4.69, 9.17) is 16.3 Å². The number of alkyl halides is 3. The Bertz CT molecular complexity index is 799. The van der Waals surface area contributed by atoms with Crippen LogP contribution in [-0.2, 0) is 10.9 Å². The number of pyridine rings is 1. The number of halogens is 4. The molecular formula is C14H13ClF3N5O2. The Hall–Kier alpha value is -2.49. The maximum atomic E-state index is 12.7. The minimum atomic E-state index is -4.57. The number of esters is 1. The number of hydrogen-bond donors (Lipinski definition) is 0. The molecule has 0 saturated heterocycles. The molecule has 0 saturated carbocycles. The van der Waals surface area contributed by atoms with E-state index in [1.807, 2.05) is 0 Å². The monoisotopic (exact) mass is 375 g/mol. The fraction of sp³-hybridized carbons (Fsp3) is 0.357. The third-order valence-corrected chi connectivity index (χ3v) is 3.23. The summed E-state index contributed by atoms with van der Waals surface area (Å²) in [5.41, 5.74) is -1.20. The van der Waals surface area contributed by atoms with Crippen molar-refractivity contribution in [3.63, 3.8) is 0 Å². The molecule has 0 bridgehead atoms. The summed E-state index contributed by atoms with van der Waals surface area (Å²) in [4.78, 5) is 21.2. The molecule has 25 heavy (non-hydrogen) atoms. The number of aromatic nitrogens is 4. The number of carbonyl (C=O) groups is 1. The molecule has 2 aromatic rings. The molecule has 134 valence electrons. The van der Waals surface area contributed by atoms with E-state index in [0.717, 1.165) is 6.07 Å². The standard InChI is InChI=1S/C14H13ClF3N5O2/c1-4-25-13(24)10-12(23(2)3)20-11(22-21-10)9-8(15)5-7(6-19-9)14(16,17)18/h5-6H,4H2,1-3H3. The van der Waals surface area contributed by atoms with Crippen LogP contribution in [0.5, 0.6) is 0 Å². The average molecular weight is 376 g/mol. The lowest BCUT2D eigenvalue weighted by atomic mass is 10.2. The van der Waals surface area contributed by atoms with Crippen molar-refractivity contribution < 1.29 is 22.7 Å². The minimum Gasteiger partial charge on any atom is -0.461 e. The highest BCUT2D eigenvalue weighted by atomic mass is 35.5. The lowest BCUT2D eigenvalue weighted by molar-refractivity contribution is -0.137. The largest absolute Gasteiger partial charge is 0.461 e. The molecule has 0 aliphatic rings. The van der Waals surface area contributed by atoms with Crippen molar-refractivity contribution in [2.45, 2.75) is 13.1 Å². The van der Waals surface area contributed by atoms with Crippen molar-refractivity contribution >= 4 is 23.4 Å². The minimum absolute atomic E-state index is 0.0827. The second-order valence-electron chi connectivity index (χ2n) is 4.97. The van der Waals surface area contributed by atoms with E-state index < -0.39 is 17.7 Å². The van der Waals surface area contributed by atoms with Gasteiger partial charge in [0, 0.05) is 20.3 Å². The SMILES string of the molecule is CCOC(=O)c1nnc(-c2ncc(C(F)(F)F)cc2Cl)nc1N(C)C. The summed E-state index contributed by atoms with van der Waals surface area (Å²) in [6.45, 7) is 1.77. The maximum Gasteiger partial charge on any atom is 0.417 e. The fourth-order valence-electron chi connectivity index (χ4n) is 1.82. The molecule has 0 unspecified atom stereocenters. The molecule has 0 fully saturated rings. The van der Waals surface area contributed by atoms with Crippen LogP contribution in [0.1, 0.15) is 23.0 Å². The Kier molecular flexibility index (Phi) is 5.41. The van der Waals surface area contributed by atoms with Gasteiger partial charge in [-0.25, -0.2) is 9.78 Å². The predicted molar refractivity (Wildman–Crippen MR) is 83.4 cm³/mol. The summed E-state index contributed by atoms with van der Waals surface area (Å²) in [5.74, 6) is -0.707. The maximum absolute atomic E-state index is 12.7. The van der Waals surface area contributed by atoms with Crippen LogP contribution in [-0.4, -0.2) is 46.8 Å². The zero-order valence-corrected chi connectivity index (χ0v) is 14.2. The van der Waals surface area contributed by atoms with E-state index in [9.17, 15) is 18.0 Å². The molecule has 0 N–H and O–H groups in total. The van der Waals surface area contributed by atoms with Crippen molar-refractivity contribution in [1.82, 2.24) is 20.2 Å². The summed E-state index contributed by atoms with van der Waals surface area (Å²) in [6.07, 6.45) is -3.95. The van der Waals surface area contributed by atoms with Crippen LogP contribution < -0.4 is 4.90 Å². The van der Waals surface area contributed by atoms with Gasteiger partial charge >= 0.3 is 12.1 Å². The third kappa shape index (κ3) is 4.13. The summed E-state index contributed by atoms with van der Waals surface area (Å²) in [7, 11) is 3.22.